The fraction of sp³-hybridized carbons (Fsp3) is 1.00. The van der Waals surface area contributed by atoms with Crippen molar-refractivity contribution in [2.75, 3.05) is 19.8 Å². The van der Waals surface area contributed by atoms with Crippen LogP contribution in [0.4, 0.5) is 13.2 Å². The predicted molar refractivity (Wildman–Crippen MR) is 70.1 cm³/mol. The minimum atomic E-state index is -4.00. The molecule has 0 unspecified atom stereocenters. The number of hydrogen-bond acceptors (Lipinski definition) is 2. The van der Waals surface area contributed by atoms with Gasteiger partial charge in [-0.05, 0) is 44.6 Å². The zero-order valence-corrected chi connectivity index (χ0v) is 11.9. The highest BCUT2D eigenvalue weighted by molar-refractivity contribution is 4.80. The Bertz CT molecular complexity index is 235. The summed E-state index contributed by atoms with van der Waals surface area (Å²) in [4.78, 5) is 0. The molecule has 0 aliphatic heterocycles. The first-order valence-electron chi connectivity index (χ1n) is 7.27. The van der Waals surface area contributed by atoms with Gasteiger partial charge in [0.15, 0.2) is 0 Å². The molecule has 1 fully saturated rings. The lowest BCUT2D eigenvalue weighted by atomic mass is 9.85. The lowest BCUT2D eigenvalue weighted by Gasteiger charge is -2.30. The zero-order valence-electron chi connectivity index (χ0n) is 11.9. The Morgan fingerprint density at radius 3 is 2.32 bits per heavy atom. The van der Waals surface area contributed by atoms with E-state index in [1.54, 1.807) is 0 Å². The van der Waals surface area contributed by atoms with Gasteiger partial charge in [0.2, 0.25) is 0 Å². The standard InChI is InChI=1S/C14H26F3NO/c1-11(2)10-19-9-3-8-18-13-6-4-12(5-7-13)14(15,16)17/h11-13,18H,3-10H2,1-2H3. The van der Waals surface area contributed by atoms with Crippen LogP contribution in [0, 0.1) is 11.8 Å². The van der Waals surface area contributed by atoms with Crippen LogP contribution in [0.1, 0.15) is 46.0 Å². The third kappa shape index (κ3) is 7.16. The van der Waals surface area contributed by atoms with Crippen LogP contribution in [-0.4, -0.2) is 32.0 Å². The number of ether oxygens (including phenoxy) is 1. The minimum absolute atomic E-state index is 0.253. The van der Waals surface area contributed by atoms with Gasteiger partial charge in [-0.2, -0.15) is 13.2 Å². The molecule has 0 heterocycles. The molecule has 1 saturated carbocycles. The van der Waals surface area contributed by atoms with Crippen LogP contribution in [0.15, 0.2) is 0 Å². The van der Waals surface area contributed by atoms with Crippen molar-refractivity contribution in [1.82, 2.24) is 5.32 Å². The van der Waals surface area contributed by atoms with Crippen LogP contribution >= 0.6 is 0 Å². The van der Waals surface area contributed by atoms with Crippen LogP contribution in [-0.2, 0) is 4.74 Å². The van der Waals surface area contributed by atoms with Gasteiger partial charge in [-0.25, -0.2) is 0 Å². The van der Waals surface area contributed by atoms with E-state index in [0.29, 0.717) is 18.8 Å². The van der Waals surface area contributed by atoms with Crippen molar-refractivity contribution in [2.24, 2.45) is 11.8 Å². The normalized spacial score (nSPS) is 24.9. The lowest BCUT2D eigenvalue weighted by molar-refractivity contribution is -0.182. The number of halogens is 3. The van der Waals surface area contributed by atoms with Gasteiger partial charge in [0.05, 0.1) is 5.92 Å². The van der Waals surface area contributed by atoms with Crippen LogP contribution in [0.5, 0.6) is 0 Å². The molecule has 0 amide bonds. The van der Waals surface area contributed by atoms with Gasteiger partial charge in [-0.1, -0.05) is 13.8 Å². The second-order valence-corrected chi connectivity index (χ2v) is 5.87. The summed E-state index contributed by atoms with van der Waals surface area (Å²) in [5, 5.41) is 3.33. The Hall–Kier alpha value is -0.290. The molecule has 1 rings (SSSR count). The Balaban J connectivity index is 2.01. The van der Waals surface area contributed by atoms with E-state index in [2.05, 4.69) is 19.2 Å². The van der Waals surface area contributed by atoms with Gasteiger partial charge in [0.25, 0.3) is 0 Å². The molecule has 0 aromatic carbocycles. The van der Waals surface area contributed by atoms with Gasteiger partial charge >= 0.3 is 6.18 Å². The van der Waals surface area contributed by atoms with E-state index in [1.165, 1.54) is 0 Å². The van der Waals surface area contributed by atoms with E-state index in [1.807, 2.05) is 0 Å². The van der Waals surface area contributed by atoms with Gasteiger partial charge in [-0.3, -0.25) is 0 Å². The fourth-order valence-corrected chi connectivity index (χ4v) is 2.42. The van der Waals surface area contributed by atoms with Crippen LogP contribution < -0.4 is 5.32 Å². The first-order chi connectivity index (χ1) is 8.89. The summed E-state index contributed by atoms with van der Waals surface area (Å²) in [5.41, 5.74) is 0. The van der Waals surface area contributed by atoms with Gasteiger partial charge in [-0.15, -0.1) is 0 Å². The van der Waals surface area contributed by atoms with Crippen molar-refractivity contribution in [3.05, 3.63) is 0 Å². The largest absolute Gasteiger partial charge is 0.391 e. The monoisotopic (exact) mass is 281 g/mol. The molecule has 0 bridgehead atoms. The molecule has 19 heavy (non-hydrogen) atoms. The maximum Gasteiger partial charge on any atom is 0.391 e. The first kappa shape index (κ1) is 16.8. The molecule has 5 heteroatoms. The highest BCUT2D eigenvalue weighted by atomic mass is 19.4. The van der Waals surface area contributed by atoms with E-state index < -0.39 is 12.1 Å². The topological polar surface area (TPSA) is 21.3 Å². The smallest absolute Gasteiger partial charge is 0.381 e. The Labute approximate surface area is 114 Å². The fourth-order valence-electron chi connectivity index (χ4n) is 2.42. The predicted octanol–water partition coefficient (Wildman–Crippen LogP) is 3.76. The van der Waals surface area contributed by atoms with Gasteiger partial charge in [0, 0.05) is 19.3 Å². The average molecular weight is 281 g/mol. The highest BCUT2D eigenvalue weighted by Crippen LogP contribution is 2.37. The molecule has 0 aromatic rings. The second-order valence-electron chi connectivity index (χ2n) is 5.87. The minimum Gasteiger partial charge on any atom is -0.381 e. The molecule has 1 aliphatic rings. The Morgan fingerprint density at radius 1 is 1.16 bits per heavy atom. The van der Waals surface area contributed by atoms with Crippen molar-refractivity contribution < 1.29 is 17.9 Å². The second kappa shape index (κ2) is 8.10. The van der Waals surface area contributed by atoms with E-state index in [4.69, 9.17) is 4.74 Å². The number of nitrogens with one attached hydrogen (secondary N) is 1. The molecular weight excluding hydrogens is 255 g/mol. The van der Waals surface area contributed by atoms with E-state index in [0.717, 1.165) is 26.2 Å². The third-order valence-corrected chi connectivity index (χ3v) is 3.54. The van der Waals surface area contributed by atoms with Gasteiger partial charge in [0.1, 0.15) is 0 Å². The maximum absolute atomic E-state index is 12.5. The molecule has 114 valence electrons. The Morgan fingerprint density at radius 2 is 1.79 bits per heavy atom. The molecule has 0 atom stereocenters. The molecule has 0 saturated heterocycles. The average Bonchev–Trinajstić information content (AvgIpc) is 2.32. The van der Waals surface area contributed by atoms with Crippen molar-refractivity contribution in [1.29, 1.82) is 0 Å². The number of alkyl halides is 3. The van der Waals surface area contributed by atoms with Gasteiger partial charge < -0.3 is 10.1 Å². The van der Waals surface area contributed by atoms with E-state index >= 15 is 0 Å². The maximum atomic E-state index is 12.5. The third-order valence-electron chi connectivity index (χ3n) is 3.54. The summed E-state index contributed by atoms with van der Waals surface area (Å²) in [6.45, 7) is 6.55. The van der Waals surface area contributed by atoms with E-state index in [9.17, 15) is 13.2 Å². The number of hydrogen-bond donors (Lipinski definition) is 1. The lowest BCUT2D eigenvalue weighted by Crippen LogP contribution is -2.37. The highest BCUT2D eigenvalue weighted by Gasteiger charge is 2.41. The van der Waals surface area contributed by atoms with Crippen molar-refractivity contribution in [3.8, 4) is 0 Å². The summed E-state index contributed by atoms with van der Waals surface area (Å²) in [7, 11) is 0. The van der Waals surface area contributed by atoms with E-state index in [-0.39, 0.29) is 18.9 Å². The summed E-state index contributed by atoms with van der Waals surface area (Å²) in [6, 6.07) is 0.253. The molecular formula is C14H26F3NO. The van der Waals surface area contributed by atoms with Crippen LogP contribution in [0.2, 0.25) is 0 Å². The quantitative estimate of drug-likeness (QED) is 0.717. The summed E-state index contributed by atoms with van der Waals surface area (Å²) in [5.74, 6) is -0.537. The van der Waals surface area contributed by atoms with Crippen molar-refractivity contribution >= 4 is 0 Å². The van der Waals surface area contributed by atoms with Crippen molar-refractivity contribution in [3.63, 3.8) is 0 Å². The Kier molecular flexibility index (Phi) is 7.15. The molecule has 0 radical (unpaired) electrons. The SMILES string of the molecule is CC(C)COCCCNC1CCC(C(F)(F)F)CC1. The van der Waals surface area contributed by atoms with Crippen molar-refractivity contribution in [2.45, 2.75) is 58.2 Å². The summed E-state index contributed by atoms with van der Waals surface area (Å²) in [6.07, 6.45) is -1.27. The molecule has 1 N–H and O–H groups in total. The first-order valence-corrected chi connectivity index (χ1v) is 7.27. The molecule has 0 spiro atoms. The number of rotatable bonds is 7. The zero-order chi connectivity index (χ0) is 14.3. The summed E-state index contributed by atoms with van der Waals surface area (Å²) >= 11 is 0. The van der Waals surface area contributed by atoms with Crippen LogP contribution in [0.3, 0.4) is 0 Å². The summed E-state index contributed by atoms with van der Waals surface area (Å²) < 4.78 is 42.9. The molecule has 0 aromatic heterocycles. The van der Waals surface area contributed by atoms with Crippen LogP contribution in [0.25, 0.3) is 0 Å². The molecule has 1 aliphatic carbocycles. The molecule has 2 nitrogen and oxygen atoms in total.